The summed E-state index contributed by atoms with van der Waals surface area (Å²) in [4.78, 5) is 36.5. The molecule has 0 bridgehead atoms. The van der Waals surface area contributed by atoms with Crippen molar-refractivity contribution in [1.29, 1.82) is 0 Å². The Hall–Kier alpha value is -3.65. The fourth-order valence-electron chi connectivity index (χ4n) is 4.63. The standard InChI is InChI=1S/C27H27ClN4O4/c1-2-35-26(34)22-9-5-6-16-31(22)24(33)15-14-23-25(18-10-12-19(28)13-11-18)30-27(36-23)32-17-29-20-7-3-4-8-21(20)32/h3-4,7-8,10-13,17,22H,2,5-6,9,14-16H2,1H3. The predicted molar refractivity (Wildman–Crippen MR) is 136 cm³/mol. The van der Waals surface area contributed by atoms with E-state index < -0.39 is 6.04 Å². The largest absolute Gasteiger partial charge is 0.464 e. The van der Waals surface area contributed by atoms with Gasteiger partial charge in [-0.3, -0.25) is 9.36 Å². The number of benzene rings is 2. The number of rotatable bonds is 7. The minimum Gasteiger partial charge on any atom is -0.464 e. The van der Waals surface area contributed by atoms with Crippen LogP contribution < -0.4 is 0 Å². The molecule has 9 heteroatoms. The van der Waals surface area contributed by atoms with Gasteiger partial charge < -0.3 is 14.1 Å². The van der Waals surface area contributed by atoms with Crippen LogP contribution in [-0.4, -0.2) is 50.5 Å². The molecule has 2 aromatic heterocycles. The number of aryl methyl sites for hydroxylation is 1. The van der Waals surface area contributed by atoms with Crippen molar-refractivity contribution in [3.8, 4) is 17.3 Å². The molecule has 36 heavy (non-hydrogen) atoms. The highest BCUT2D eigenvalue weighted by atomic mass is 35.5. The Kier molecular flexibility index (Phi) is 7.04. The fourth-order valence-corrected chi connectivity index (χ4v) is 4.76. The summed E-state index contributed by atoms with van der Waals surface area (Å²) in [5.41, 5.74) is 3.18. The third-order valence-electron chi connectivity index (χ3n) is 6.41. The first-order chi connectivity index (χ1) is 17.5. The molecule has 5 rings (SSSR count). The molecule has 1 aliphatic heterocycles. The van der Waals surface area contributed by atoms with E-state index in [9.17, 15) is 9.59 Å². The lowest BCUT2D eigenvalue weighted by Gasteiger charge is -2.34. The smallest absolute Gasteiger partial charge is 0.328 e. The number of imidazole rings is 1. The van der Waals surface area contributed by atoms with Crippen LogP contribution in [-0.2, 0) is 20.7 Å². The molecule has 1 unspecified atom stereocenters. The van der Waals surface area contributed by atoms with Crippen LogP contribution in [0.4, 0.5) is 0 Å². The summed E-state index contributed by atoms with van der Waals surface area (Å²) in [7, 11) is 0. The number of carbonyl (C=O) groups excluding carboxylic acids is 2. The summed E-state index contributed by atoms with van der Waals surface area (Å²) in [6.07, 6.45) is 4.60. The van der Waals surface area contributed by atoms with Crippen LogP contribution in [0.3, 0.4) is 0 Å². The number of aromatic nitrogens is 3. The summed E-state index contributed by atoms with van der Waals surface area (Å²) in [6, 6.07) is 14.9. The number of piperidine rings is 1. The predicted octanol–water partition coefficient (Wildman–Crippen LogP) is 5.21. The van der Waals surface area contributed by atoms with Crippen molar-refractivity contribution in [3.05, 3.63) is 65.6 Å². The lowest BCUT2D eigenvalue weighted by Crippen LogP contribution is -2.48. The number of hydrogen-bond acceptors (Lipinski definition) is 6. The van der Waals surface area contributed by atoms with Crippen molar-refractivity contribution in [3.63, 3.8) is 0 Å². The summed E-state index contributed by atoms with van der Waals surface area (Å²) >= 11 is 6.10. The molecule has 186 valence electrons. The molecule has 3 heterocycles. The molecule has 0 radical (unpaired) electrons. The lowest BCUT2D eigenvalue weighted by atomic mass is 10.0. The van der Waals surface area contributed by atoms with Gasteiger partial charge in [0.05, 0.1) is 17.6 Å². The maximum absolute atomic E-state index is 13.2. The van der Waals surface area contributed by atoms with E-state index in [1.54, 1.807) is 34.9 Å². The van der Waals surface area contributed by atoms with Crippen molar-refractivity contribution in [2.45, 2.75) is 45.1 Å². The van der Waals surface area contributed by atoms with Crippen LogP contribution in [0.2, 0.25) is 5.02 Å². The van der Waals surface area contributed by atoms with Gasteiger partial charge in [-0.2, -0.15) is 4.98 Å². The number of carbonyl (C=O) groups is 2. The molecule has 1 amide bonds. The van der Waals surface area contributed by atoms with Gasteiger partial charge in [-0.1, -0.05) is 35.9 Å². The third-order valence-corrected chi connectivity index (χ3v) is 6.66. The zero-order valence-electron chi connectivity index (χ0n) is 20.0. The van der Waals surface area contributed by atoms with E-state index in [1.165, 1.54) is 0 Å². The number of likely N-dealkylation sites (tertiary alicyclic amines) is 1. The zero-order chi connectivity index (χ0) is 25.1. The third kappa shape index (κ3) is 4.86. The van der Waals surface area contributed by atoms with Crippen molar-refractivity contribution in [2.75, 3.05) is 13.2 Å². The van der Waals surface area contributed by atoms with Crippen LogP contribution in [0.5, 0.6) is 0 Å². The number of amides is 1. The van der Waals surface area contributed by atoms with Crippen LogP contribution in [0.25, 0.3) is 28.3 Å². The van der Waals surface area contributed by atoms with Gasteiger partial charge in [-0.05, 0) is 50.5 Å². The number of oxazole rings is 1. The molecule has 0 spiro atoms. The van der Waals surface area contributed by atoms with Gasteiger partial charge in [0.1, 0.15) is 23.8 Å². The molecular formula is C27H27ClN4O4. The first-order valence-electron chi connectivity index (χ1n) is 12.2. The first kappa shape index (κ1) is 24.1. The van der Waals surface area contributed by atoms with E-state index in [0.29, 0.717) is 48.5 Å². The zero-order valence-corrected chi connectivity index (χ0v) is 20.8. The number of nitrogens with zero attached hydrogens (tertiary/aromatic N) is 4. The number of para-hydroxylation sites is 2. The number of fused-ring (bicyclic) bond motifs is 1. The van der Waals surface area contributed by atoms with Gasteiger partial charge in [0.25, 0.3) is 0 Å². The second-order valence-electron chi connectivity index (χ2n) is 8.73. The van der Waals surface area contributed by atoms with Gasteiger partial charge in [-0.25, -0.2) is 9.78 Å². The molecule has 1 saturated heterocycles. The summed E-state index contributed by atoms with van der Waals surface area (Å²) in [5.74, 6) is 0.158. The maximum Gasteiger partial charge on any atom is 0.328 e. The molecule has 1 fully saturated rings. The second-order valence-corrected chi connectivity index (χ2v) is 9.17. The van der Waals surface area contributed by atoms with Crippen molar-refractivity contribution in [1.82, 2.24) is 19.4 Å². The van der Waals surface area contributed by atoms with Crippen LogP contribution in [0.15, 0.2) is 59.3 Å². The minimum atomic E-state index is -0.524. The molecular weight excluding hydrogens is 480 g/mol. The summed E-state index contributed by atoms with van der Waals surface area (Å²) < 4.78 is 13.2. The normalized spacial score (nSPS) is 15.8. The van der Waals surface area contributed by atoms with Crippen LogP contribution in [0, 0.1) is 0 Å². The van der Waals surface area contributed by atoms with Gasteiger partial charge in [0.2, 0.25) is 5.91 Å². The Morgan fingerprint density at radius 3 is 2.75 bits per heavy atom. The van der Waals surface area contributed by atoms with E-state index in [0.717, 1.165) is 29.4 Å². The Balaban J connectivity index is 1.43. The van der Waals surface area contributed by atoms with E-state index in [4.69, 9.17) is 25.7 Å². The fraction of sp³-hybridized carbons (Fsp3) is 0.333. The Morgan fingerprint density at radius 2 is 1.94 bits per heavy atom. The van der Waals surface area contributed by atoms with Crippen molar-refractivity contribution < 1.29 is 18.7 Å². The Bertz CT molecular complexity index is 1380. The lowest BCUT2D eigenvalue weighted by molar-refractivity contribution is -0.156. The number of hydrogen-bond donors (Lipinski definition) is 0. The molecule has 1 atom stereocenters. The minimum absolute atomic E-state index is 0.0964. The highest BCUT2D eigenvalue weighted by Gasteiger charge is 2.33. The molecule has 8 nitrogen and oxygen atoms in total. The summed E-state index contributed by atoms with van der Waals surface area (Å²) in [6.45, 7) is 2.62. The second kappa shape index (κ2) is 10.5. The molecule has 2 aromatic carbocycles. The number of ether oxygens (including phenoxy) is 1. The van der Waals surface area contributed by atoms with Crippen molar-refractivity contribution in [2.24, 2.45) is 0 Å². The first-order valence-corrected chi connectivity index (χ1v) is 12.6. The molecule has 0 saturated carbocycles. The highest BCUT2D eigenvalue weighted by molar-refractivity contribution is 6.30. The topological polar surface area (TPSA) is 90.5 Å². The maximum atomic E-state index is 13.2. The van der Waals surface area contributed by atoms with Crippen LogP contribution in [0.1, 0.15) is 38.4 Å². The van der Waals surface area contributed by atoms with Gasteiger partial charge in [-0.15, -0.1) is 0 Å². The average molecular weight is 507 g/mol. The SMILES string of the molecule is CCOC(=O)C1CCCCN1C(=O)CCc1oc(-n2cnc3ccccc32)nc1-c1ccc(Cl)cc1. The molecule has 0 N–H and O–H groups in total. The molecule has 0 aliphatic carbocycles. The van der Waals surface area contributed by atoms with E-state index in [-0.39, 0.29) is 18.3 Å². The van der Waals surface area contributed by atoms with Gasteiger partial charge in [0.15, 0.2) is 0 Å². The quantitative estimate of drug-likeness (QED) is 0.319. The van der Waals surface area contributed by atoms with E-state index in [1.807, 2.05) is 36.4 Å². The van der Waals surface area contributed by atoms with E-state index in [2.05, 4.69) is 4.98 Å². The Labute approximate surface area is 213 Å². The molecule has 4 aromatic rings. The average Bonchev–Trinajstić information content (AvgIpc) is 3.52. The van der Waals surface area contributed by atoms with Gasteiger partial charge in [0, 0.05) is 30.0 Å². The molecule has 1 aliphatic rings. The highest BCUT2D eigenvalue weighted by Crippen LogP contribution is 2.30. The summed E-state index contributed by atoms with van der Waals surface area (Å²) in [5, 5.41) is 0.620. The Morgan fingerprint density at radius 1 is 1.14 bits per heavy atom. The number of esters is 1. The monoisotopic (exact) mass is 506 g/mol. The van der Waals surface area contributed by atoms with Crippen molar-refractivity contribution >= 4 is 34.5 Å². The van der Waals surface area contributed by atoms with Crippen LogP contribution >= 0.6 is 11.6 Å². The van der Waals surface area contributed by atoms with E-state index >= 15 is 0 Å². The number of halogens is 1. The van der Waals surface area contributed by atoms with Gasteiger partial charge >= 0.3 is 12.0 Å².